The van der Waals surface area contributed by atoms with E-state index in [1.165, 1.54) is 28.8 Å². The van der Waals surface area contributed by atoms with E-state index in [0.717, 1.165) is 0 Å². The van der Waals surface area contributed by atoms with Crippen LogP contribution in [0.3, 0.4) is 0 Å². The first-order valence-corrected chi connectivity index (χ1v) is 11.0. The van der Waals surface area contributed by atoms with Crippen molar-refractivity contribution in [3.05, 3.63) is 63.8 Å². The van der Waals surface area contributed by atoms with Crippen molar-refractivity contribution >= 4 is 15.8 Å². The molecule has 0 atom stereocenters. The van der Waals surface area contributed by atoms with E-state index in [0.29, 0.717) is 28.1 Å². The lowest BCUT2D eigenvalue weighted by atomic mass is 10.1. The number of rotatable bonds is 6. The second-order valence-electron chi connectivity index (χ2n) is 7.46. The fraction of sp³-hybridized carbons (Fsp3) is 0.286. The van der Waals surface area contributed by atoms with Gasteiger partial charge in [-0.05, 0) is 57.5 Å². The molecule has 0 fully saturated rings. The molecule has 0 saturated heterocycles. The Morgan fingerprint density at radius 1 is 1.10 bits per heavy atom. The minimum atomic E-state index is -3.68. The molecule has 0 aliphatic carbocycles. The van der Waals surface area contributed by atoms with Crippen LogP contribution in [0.2, 0.25) is 0 Å². The number of nitrogens with zero attached hydrogens (tertiary/aromatic N) is 3. The number of aromatic nitrogens is 3. The van der Waals surface area contributed by atoms with Gasteiger partial charge in [-0.3, -0.25) is 9.52 Å². The number of hydrogen-bond acceptors (Lipinski definition) is 6. The zero-order chi connectivity index (χ0) is 22.9. The number of sulfonamides is 1. The van der Waals surface area contributed by atoms with Crippen LogP contribution in [0.15, 0.2) is 41.3 Å². The van der Waals surface area contributed by atoms with Gasteiger partial charge in [-0.15, -0.1) is 0 Å². The average molecular weight is 447 g/mol. The van der Waals surface area contributed by atoms with Crippen molar-refractivity contribution in [2.45, 2.75) is 32.9 Å². The molecule has 3 aromatic rings. The molecule has 31 heavy (non-hydrogen) atoms. The molecule has 0 amide bonds. The summed E-state index contributed by atoms with van der Waals surface area (Å²) in [6.07, 6.45) is 1.59. The summed E-state index contributed by atoms with van der Waals surface area (Å²) >= 11 is 0. The number of benzene rings is 1. The van der Waals surface area contributed by atoms with E-state index in [-0.39, 0.29) is 17.4 Å². The van der Waals surface area contributed by atoms with Gasteiger partial charge in [0.2, 0.25) is 10.0 Å². The lowest BCUT2D eigenvalue weighted by Gasteiger charge is -2.14. The fourth-order valence-corrected chi connectivity index (χ4v) is 3.41. The largest absolute Gasteiger partial charge is 0.424 e. The quantitative estimate of drug-likeness (QED) is 0.621. The Labute approximate surface area is 179 Å². The lowest BCUT2D eigenvalue weighted by molar-refractivity contribution is 0.438. The van der Waals surface area contributed by atoms with Gasteiger partial charge < -0.3 is 9.30 Å². The smallest absolute Gasteiger partial charge is 0.324 e. The predicted octanol–water partition coefficient (Wildman–Crippen LogP) is 3.54. The molecule has 164 valence electrons. The van der Waals surface area contributed by atoms with Crippen LogP contribution >= 0.6 is 0 Å². The standard InChI is InChI=1S/C21H23FN4O4S/c1-12(2)31(28,29)25-19-10-17(15-8-14(4)20(27)26(5)11-15)23-21(24-19)30-18-7-6-16(22)9-13(18)3/h6-12H,1-5H3,(H,23,24,25). The Bertz CT molecular complexity index is 1280. The van der Waals surface area contributed by atoms with Gasteiger partial charge in [-0.2, -0.15) is 9.97 Å². The van der Waals surface area contributed by atoms with E-state index < -0.39 is 21.1 Å². The number of pyridine rings is 1. The molecule has 0 aliphatic rings. The number of aryl methyl sites for hydroxylation is 3. The molecule has 3 rings (SSSR count). The molecule has 0 radical (unpaired) electrons. The van der Waals surface area contributed by atoms with Crippen molar-refractivity contribution < 1.29 is 17.5 Å². The van der Waals surface area contributed by atoms with Gasteiger partial charge in [0.15, 0.2) is 0 Å². The normalized spacial score (nSPS) is 11.6. The highest BCUT2D eigenvalue weighted by molar-refractivity contribution is 7.93. The Morgan fingerprint density at radius 2 is 1.81 bits per heavy atom. The van der Waals surface area contributed by atoms with Crippen LogP contribution in [0, 0.1) is 19.7 Å². The molecule has 2 heterocycles. The van der Waals surface area contributed by atoms with E-state index in [1.807, 2.05) is 0 Å². The molecule has 0 unspecified atom stereocenters. The molecular formula is C21H23FN4O4S. The van der Waals surface area contributed by atoms with Crippen molar-refractivity contribution in [3.63, 3.8) is 0 Å². The van der Waals surface area contributed by atoms with Crippen LogP contribution in [0.1, 0.15) is 25.0 Å². The Morgan fingerprint density at radius 3 is 2.42 bits per heavy atom. The topological polar surface area (TPSA) is 103 Å². The minimum Gasteiger partial charge on any atom is -0.424 e. The van der Waals surface area contributed by atoms with Gasteiger partial charge in [0, 0.05) is 30.4 Å². The van der Waals surface area contributed by atoms with E-state index in [2.05, 4.69) is 14.7 Å². The molecule has 8 nitrogen and oxygen atoms in total. The first-order valence-electron chi connectivity index (χ1n) is 9.48. The predicted molar refractivity (Wildman–Crippen MR) is 116 cm³/mol. The third-order valence-electron chi connectivity index (χ3n) is 4.57. The first kappa shape index (κ1) is 22.4. The van der Waals surface area contributed by atoms with Gasteiger partial charge in [-0.25, -0.2) is 12.8 Å². The van der Waals surface area contributed by atoms with Crippen LogP contribution in [0.5, 0.6) is 11.8 Å². The molecule has 10 heteroatoms. The number of halogens is 1. The maximum absolute atomic E-state index is 13.4. The van der Waals surface area contributed by atoms with Crippen molar-refractivity contribution in [3.8, 4) is 23.0 Å². The van der Waals surface area contributed by atoms with E-state index in [4.69, 9.17) is 4.74 Å². The second kappa shape index (κ2) is 8.46. The summed E-state index contributed by atoms with van der Waals surface area (Å²) in [5.74, 6) is -0.0709. The van der Waals surface area contributed by atoms with Crippen LogP contribution in [-0.4, -0.2) is 28.2 Å². The van der Waals surface area contributed by atoms with Crippen LogP contribution in [0.4, 0.5) is 10.2 Å². The van der Waals surface area contributed by atoms with Crippen molar-refractivity contribution in [2.24, 2.45) is 7.05 Å². The number of anilines is 1. The Kier molecular flexibility index (Phi) is 6.12. The third-order valence-corrected chi connectivity index (χ3v) is 6.30. The third kappa shape index (κ3) is 5.08. The average Bonchev–Trinajstić information content (AvgIpc) is 2.67. The van der Waals surface area contributed by atoms with Gasteiger partial charge in [0.05, 0.1) is 10.9 Å². The Balaban J connectivity index is 2.13. The molecule has 0 spiro atoms. The highest BCUT2D eigenvalue weighted by atomic mass is 32.2. The molecule has 2 aromatic heterocycles. The highest BCUT2D eigenvalue weighted by Crippen LogP contribution is 2.28. The number of ether oxygens (including phenoxy) is 1. The summed E-state index contributed by atoms with van der Waals surface area (Å²) < 4.78 is 47.7. The maximum atomic E-state index is 13.4. The summed E-state index contributed by atoms with van der Waals surface area (Å²) in [4.78, 5) is 20.6. The monoisotopic (exact) mass is 446 g/mol. The van der Waals surface area contributed by atoms with E-state index >= 15 is 0 Å². The summed E-state index contributed by atoms with van der Waals surface area (Å²) in [6.45, 7) is 6.43. The number of nitrogens with one attached hydrogen (secondary N) is 1. The number of hydrogen-bond donors (Lipinski definition) is 1. The minimum absolute atomic E-state index is 0.0139. The van der Waals surface area contributed by atoms with Gasteiger partial charge >= 0.3 is 6.01 Å². The van der Waals surface area contributed by atoms with Crippen LogP contribution < -0.4 is 15.0 Å². The van der Waals surface area contributed by atoms with Crippen LogP contribution in [0.25, 0.3) is 11.3 Å². The molecule has 0 aliphatic heterocycles. The summed E-state index contributed by atoms with van der Waals surface area (Å²) in [6, 6.07) is 6.97. The van der Waals surface area contributed by atoms with Gasteiger partial charge in [-0.1, -0.05) is 0 Å². The van der Waals surface area contributed by atoms with E-state index in [9.17, 15) is 17.6 Å². The van der Waals surface area contributed by atoms with Crippen LogP contribution in [-0.2, 0) is 17.1 Å². The van der Waals surface area contributed by atoms with Gasteiger partial charge in [0.25, 0.3) is 5.56 Å². The summed E-state index contributed by atoms with van der Waals surface area (Å²) in [7, 11) is -2.06. The molecule has 1 aromatic carbocycles. The SMILES string of the molecule is Cc1cc(F)ccc1Oc1nc(NS(=O)(=O)C(C)C)cc(-c2cc(C)c(=O)n(C)c2)n1. The van der Waals surface area contributed by atoms with Gasteiger partial charge in [0.1, 0.15) is 17.4 Å². The Hall–Kier alpha value is -3.27. The lowest BCUT2D eigenvalue weighted by Crippen LogP contribution is -2.23. The molecule has 0 saturated carbocycles. The highest BCUT2D eigenvalue weighted by Gasteiger charge is 2.19. The summed E-state index contributed by atoms with van der Waals surface area (Å²) in [5, 5.41) is -0.686. The van der Waals surface area contributed by atoms with Crippen molar-refractivity contribution in [2.75, 3.05) is 4.72 Å². The summed E-state index contributed by atoms with van der Waals surface area (Å²) in [5.41, 5.74) is 1.80. The maximum Gasteiger partial charge on any atom is 0.324 e. The van der Waals surface area contributed by atoms with Crippen molar-refractivity contribution in [1.82, 2.24) is 14.5 Å². The van der Waals surface area contributed by atoms with E-state index in [1.54, 1.807) is 47.0 Å². The first-order chi connectivity index (χ1) is 14.5. The van der Waals surface area contributed by atoms with Crippen molar-refractivity contribution in [1.29, 1.82) is 0 Å². The molecule has 1 N–H and O–H groups in total. The zero-order valence-corrected chi connectivity index (χ0v) is 18.6. The fourth-order valence-electron chi connectivity index (χ4n) is 2.78. The second-order valence-corrected chi connectivity index (χ2v) is 9.69. The zero-order valence-electron chi connectivity index (χ0n) is 17.8. The molecule has 0 bridgehead atoms. The molecular weight excluding hydrogens is 423 g/mol.